The van der Waals surface area contributed by atoms with Crippen LogP contribution in [0.3, 0.4) is 0 Å². The lowest BCUT2D eigenvalue weighted by atomic mass is 10.1. The molecule has 0 aliphatic carbocycles. The van der Waals surface area contributed by atoms with Crippen molar-refractivity contribution in [2.75, 3.05) is 13.2 Å². The number of hydrogen-bond donors (Lipinski definition) is 0. The Kier molecular flexibility index (Phi) is 6.30. The Morgan fingerprint density at radius 1 is 1.18 bits per heavy atom. The van der Waals surface area contributed by atoms with Crippen LogP contribution < -0.4 is 4.74 Å². The summed E-state index contributed by atoms with van der Waals surface area (Å²) in [5, 5.41) is 20.0. The fourth-order valence-corrected chi connectivity index (χ4v) is 4.18. The molecule has 1 aromatic heterocycles. The minimum absolute atomic E-state index is 0.242. The lowest BCUT2D eigenvalue weighted by Crippen LogP contribution is -2.12. The van der Waals surface area contributed by atoms with E-state index >= 15 is 0 Å². The van der Waals surface area contributed by atoms with Crippen molar-refractivity contribution in [2.45, 2.75) is 31.2 Å². The molecule has 2 aromatic carbocycles. The SMILES string of the molecule is CCOc1ccccc1[C@@H](C[N+](=O)[O-])Sc1nnc(C)n1-c1cccc(C)c1. The van der Waals surface area contributed by atoms with E-state index in [0.717, 1.165) is 22.6 Å². The van der Waals surface area contributed by atoms with Crippen LogP contribution in [0.15, 0.2) is 53.7 Å². The molecule has 7 nitrogen and oxygen atoms in total. The van der Waals surface area contributed by atoms with E-state index in [1.165, 1.54) is 11.8 Å². The smallest absolute Gasteiger partial charge is 0.220 e. The molecule has 28 heavy (non-hydrogen) atoms. The predicted molar refractivity (Wildman–Crippen MR) is 109 cm³/mol. The number of aryl methyl sites for hydroxylation is 2. The zero-order valence-corrected chi connectivity index (χ0v) is 16.8. The Bertz CT molecular complexity index is 974. The molecule has 1 atom stereocenters. The molecule has 0 saturated heterocycles. The topological polar surface area (TPSA) is 83.1 Å². The molecule has 0 unspecified atom stereocenters. The number of nitro groups is 1. The van der Waals surface area contributed by atoms with Crippen molar-refractivity contribution in [2.24, 2.45) is 0 Å². The van der Waals surface area contributed by atoms with Crippen molar-refractivity contribution >= 4 is 11.8 Å². The van der Waals surface area contributed by atoms with Gasteiger partial charge < -0.3 is 4.74 Å². The van der Waals surface area contributed by atoms with E-state index < -0.39 is 5.25 Å². The maximum Gasteiger partial charge on any atom is 0.220 e. The first-order valence-electron chi connectivity index (χ1n) is 8.98. The molecule has 0 amide bonds. The Balaban J connectivity index is 2.01. The van der Waals surface area contributed by atoms with E-state index in [1.54, 1.807) is 0 Å². The van der Waals surface area contributed by atoms with Crippen LogP contribution in [0.25, 0.3) is 5.69 Å². The maximum atomic E-state index is 11.4. The minimum Gasteiger partial charge on any atom is -0.494 e. The molecule has 3 aromatic rings. The van der Waals surface area contributed by atoms with Gasteiger partial charge in [-0.3, -0.25) is 14.7 Å². The van der Waals surface area contributed by atoms with Gasteiger partial charge in [0.15, 0.2) is 5.16 Å². The molecule has 0 aliphatic rings. The van der Waals surface area contributed by atoms with Crippen molar-refractivity contribution in [1.82, 2.24) is 14.8 Å². The van der Waals surface area contributed by atoms with Gasteiger partial charge >= 0.3 is 0 Å². The number of benzene rings is 2. The van der Waals surface area contributed by atoms with E-state index in [2.05, 4.69) is 10.2 Å². The van der Waals surface area contributed by atoms with Gasteiger partial charge in [-0.2, -0.15) is 0 Å². The minimum atomic E-state index is -0.454. The summed E-state index contributed by atoms with van der Waals surface area (Å²) < 4.78 is 7.62. The molecule has 0 fully saturated rings. The maximum absolute atomic E-state index is 11.4. The van der Waals surface area contributed by atoms with Crippen LogP contribution in [0.5, 0.6) is 5.75 Å². The van der Waals surface area contributed by atoms with Crippen molar-refractivity contribution in [3.05, 3.63) is 75.6 Å². The summed E-state index contributed by atoms with van der Waals surface area (Å²) in [6.45, 7) is 6.03. The second kappa shape index (κ2) is 8.88. The molecule has 3 rings (SSSR count). The molecule has 0 aliphatic heterocycles. The average Bonchev–Trinajstić information content (AvgIpc) is 3.02. The van der Waals surface area contributed by atoms with Crippen molar-refractivity contribution in [3.63, 3.8) is 0 Å². The molecular formula is C20H22N4O3S. The van der Waals surface area contributed by atoms with Crippen LogP contribution in [0.4, 0.5) is 0 Å². The summed E-state index contributed by atoms with van der Waals surface area (Å²) in [6.07, 6.45) is 0. The highest BCUT2D eigenvalue weighted by molar-refractivity contribution is 7.99. The number of thioether (sulfide) groups is 1. The van der Waals surface area contributed by atoms with E-state index in [1.807, 2.05) is 73.9 Å². The van der Waals surface area contributed by atoms with Crippen LogP contribution in [-0.4, -0.2) is 32.8 Å². The third-order valence-corrected chi connectivity index (χ3v) is 5.35. The van der Waals surface area contributed by atoms with Gasteiger partial charge in [0.2, 0.25) is 6.54 Å². The molecule has 1 heterocycles. The van der Waals surface area contributed by atoms with E-state index in [0.29, 0.717) is 17.5 Å². The molecule has 0 spiro atoms. The number of para-hydroxylation sites is 1. The van der Waals surface area contributed by atoms with Gasteiger partial charge in [-0.1, -0.05) is 42.1 Å². The number of nitrogens with zero attached hydrogens (tertiary/aromatic N) is 4. The van der Waals surface area contributed by atoms with Gasteiger partial charge in [0.1, 0.15) is 16.8 Å². The van der Waals surface area contributed by atoms with E-state index in [9.17, 15) is 10.1 Å². The predicted octanol–water partition coefficient (Wildman–Crippen LogP) is 4.39. The highest BCUT2D eigenvalue weighted by Crippen LogP contribution is 2.39. The van der Waals surface area contributed by atoms with Crippen LogP contribution in [0.2, 0.25) is 0 Å². The van der Waals surface area contributed by atoms with E-state index in [-0.39, 0.29) is 11.5 Å². The Hall–Kier alpha value is -2.87. The molecule has 0 N–H and O–H groups in total. The fraction of sp³-hybridized carbons (Fsp3) is 0.300. The summed E-state index contributed by atoms with van der Waals surface area (Å²) in [6, 6.07) is 15.4. The standard InChI is InChI=1S/C20H22N4O3S/c1-4-27-18-11-6-5-10-17(18)19(13-23(25)26)28-20-22-21-15(3)24(20)16-9-7-8-14(2)12-16/h5-12,19H,4,13H2,1-3H3/t19-/m1/s1. The third-order valence-electron chi connectivity index (χ3n) is 4.18. The van der Waals surface area contributed by atoms with Gasteiger partial charge in [-0.25, -0.2) is 0 Å². The fourth-order valence-electron chi connectivity index (χ4n) is 2.98. The van der Waals surface area contributed by atoms with Gasteiger partial charge in [-0.15, -0.1) is 10.2 Å². The third kappa shape index (κ3) is 4.51. The first-order valence-corrected chi connectivity index (χ1v) is 9.86. The van der Waals surface area contributed by atoms with Gasteiger partial charge in [0.25, 0.3) is 0 Å². The normalized spacial score (nSPS) is 12.0. The number of hydrogen-bond acceptors (Lipinski definition) is 6. The summed E-state index contributed by atoms with van der Waals surface area (Å²) in [7, 11) is 0. The van der Waals surface area contributed by atoms with Gasteiger partial charge in [-0.05, 0) is 44.5 Å². The number of aromatic nitrogens is 3. The lowest BCUT2D eigenvalue weighted by molar-refractivity contribution is -0.479. The number of ether oxygens (including phenoxy) is 1. The van der Waals surface area contributed by atoms with Gasteiger partial charge in [0, 0.05) is 16.2 Å². The monoisotopic (exact) mass is 398 g/mol. The second-order valence-corrected chi connectivity index (χ2v) is 7.47. The summed E-state index contributed by atoms with van der Waals surface area (Å²) in [5.74, 6) is 1.38. The molecule has 146 valence electrons. The average molecular weight is 398 g/mol. The van der Waals surface area contributed by atoms with Crippen molar-refractivity contribution < 1.29 is 9.66 Å². The zero-order chi connectivity index (χ0) is 20.1. The highest BCUT2D eigenvalue weighted by atomic mass is 32.2. The van der Waals surface area contributed by atoms with Crippen molar-refractivity contribution in [3.8, 4) is 11.4 Å². The Morgan fingerprint density at radius 3 is 2.68 bits per heavy atom. The lowest BCUT2D eigenvalue weighted by Gasteiger charge is -2.17. The molecule has 0 bridgehead atoms. The largest absolute Gasteiger partial charge is 0.494 e. The van der Waals surface area contributed by atoms with Crippen LogP contribution in [0, 0.1) is 24.0 Å². The van der Waals surface area contributed by atoms with Crippen LogP contribution in [0.1, 0.15) is 29.1 Å². The van der Waals surface area contributed by atoms with Crippen LogP contribution in [-0.2, 0) is 0 Å². The second-order valence-electron chi connectivity index (χ2n) is 6.30. The van der Waals surface area contributed by atoms with Crippen LogP contribution >= 0.6 is 11.8 Å². The molecule has 0 saturated carbocycles. The summed E-state index contributed by atoms with van der Waals surface area (Å²) >= 11 is 1.33. The first-order chi connectivity index (χ1) is 13.5. The first kappa shape index (κ1) is 19.9. The summed E-state index contributed by atoms with van der Waals surface area (Å²) in [5.41, 5.74) is 2.83. The highest BCUT2D eigenvalue weighted by Gasteiger charge is 2.26. The quantitative estimate of drug-likeness (QED) is 0.318. The van der Waals surface area contributed by atoms with Crippen molar-refractivity contribution in [1.29, 1.82) is 0 Å². The van der Waals surface area contributed by atoms with E-state index in [4.69, 9.17) is 4.74 Å². The Labute approximate surface area is 167 Å². The molecule has 0 radical (unpaired) electrons. The summed E-state index contributed by atoms with van der Waals surface area (Å²) in [4.78, 5) is 11.1. The van der Waals surface area contributed by atoms with Gasteiger partial charge in [0.05, 0.1) is 6.61 Å². The molecular weight excluding hydrogens is 376 g/mol. The zero-order valence-electron chi connectivity index (χ0n) is 16.0. The molecule has 8 heteroatoms. The number of rotatable bonds is 8. The Morgan fingerprint density at radius 2 is 1.96 bits per heavy atom.